The Kier molecular flexibility index (Phi) is 7.27. The standard InChI is InChI=1S/C17H19N5O7S/c1-11-4-6-12(7-5-11)30(25,26)29-21-17(18)20-19-10-13-14(22(23)24)8-9-15(27-2)16(13)28-3/h4-10H,1-3H3,(H3,18,20,21). The molecule has 0 amide bonds. The third-order valence-electron chi connectivity index (χ3n) is 3.68. The van der Waals surface area contributed by atoms with Gasteiger partial charge in [0.15, 0.2) is 11.5 Å². The summed E-state index contributed by atoms with van der Waals surface area (Å²) in [5.41, 5.74) is 8.01. The average Bonchev–Trinajstić information content (AvgIpc) is 2.71. The molecule has 0 aliphatic carbocycles. The van der Waals surface area contributed by atoms with E-state index in [0.29, 0.717) is 0 Å². The summed E-state index contributed by atoms with van der Waals surface area (Å²) in [5.74, 6) is -0.200. The number of nitro benzene ring substituents is 1. The number of benzene rings is 2. The maximum atomic E-state index is 12.1. The van der Waals surface area contributed by atoms with Gasteiger partial charge in [0.2, 0.25) is 5.96 Å². The molecule has 2 aromatic rings. The van der Waals surface area contributed by atoms with Crippen molar-refractivity contribution in [2.75, 3.05) is 14.2 Å². The van der Waals surface area contributed by atoms with Crippen molar-refractivity contribution in [3.05, 3.63) is 57.6 Å². The van der Waals surface area contributed by atoms with Gasteiger partial charge in [-0.2, -0.15) is 13.5 Å². The number of nitrogens with zero attached hydrogens (tertiary/aromatic N) is 3. The Balaban J connectivity index is 2.19. The van der Waals surface area contributed by atoms with E-state index in [0.717, 1.165) is 11.8 Å². The van der Waals surface area contributed by atoms with Crippen molar-refractivity contribution in [3.63, 3.8) is 0 Å². The second-order valence-corrected chi connectivity index (χ2v) is 7.22. The van der Waals surface area contributed by atoms with Gasteiger partial charge in [-0.3, -0.25) is 10.1 Å². The normalized spacial score (nSPS) is 12.0. The molecule has 0 radical (unpaired) electrons. The van der Waals surface area contributed by atoms with Gasteiger partial charge in [-0.15, -0.1) is 9.39 Å². The molecule has 0 heterocycles. The Labute approximate surface area is 172 Å². The Morgan fingerprint density at radius 3 is 2.40 bits per heavy atom. The smallest absolute Gasteiger partial charge is 0.317 e. The van der Waals surface area contributed by atoms with E-state index in [9.17, 15) is 18.5 Å². The summed E-state index contributed by atoms with van der Waals surface area (Å²) in [4.78, 5) is 10.5. The topological polar surface area (TPSA) is 168 Å². The lowest BCUT2D eigenvalue weighted by molar-refractivity contribution is -0.385. The number of hydrogen-bond donors (Lipinski definition) is 2. The molecular formula is C17H19N5O7S. The zero-order valence-electron chi connectivity index (χ0n) is 16.2. The highest BCUT2D eigenvalue weighted by molar-refractivity contribution is 7.86. The lowest BCUT2D eigenvalue weighted by Crippen LogP contribution is -2.33. The van der Waals surface area contributed by atoms with Crippen LogP contribution in [0.15, 0.2) is 51.5 Å². The van der Waals surface area contributed by atoms with Crippen molar-refractivity contribution in [1.82, 2.24) is 5.48 Å². The molecule has 0 atom stereocenters. The summed E-state index contributed by atoms with van der Waals surface area (Å²) in [6.07, 6.45) is 1.02. The van der Waals surface area contributed by atoms with Gasteiger partial charge in [0, 0.05) is 6.07 Å². The van der Waals surface area contributed by atoms with E-state index < -0.39 is 21.0 Å². The van der Waals surface area contributed by atoms with Crippen LogP contribution in [-0.4, -0.2) is 39.7 Å². The number of rotatable bonds is 8. The third-order valence-corrected chi connectivity index (χ3v) is 4.83. The van der Waals surface area contributed by atoms with Crippen molar-refractivity contribution < 1.29 is 27.1 Å². The van der Waals surface area contributed by atoms with E-state index in [1.54, 1.807) is 19.1 Å². The fourth-order valence-electron chi connectivity index (χ4n) is 2.24. The summed E-state index contributed by atoms with van der Waals surface area (Å²) < 4.78 is 39.0. The lowest BCUT2D eigenvalue weighted by atomic mass is 10.1. The van der Waals surface area contributed by atoms with Crippen molar-refractivity contribution in [2.45, 2.75) is 11.8 Å². The van der Waals surface area contributed by atoms with Crippen LogP contribution in [0.2, 0.25) is 0 Å². The van der Waals surface area contributed by atoms with Crippen LogP contribution in [0.5, 0.6) is 11.5 Å². The first-order valence-corrected chi connectivity index (χ1v) is 9.62. The van der Waals surface area contributed by atoms with Crippen LogP contribution in [0.4, 0.5) is 5.69 Å². The minimum Gasteiger partial charge on any atom is -0.493 e. The summed E-state index contributed by atoms with van der Waals surface area (Å²) in [6.45, 7) is 1.81. The number of hydroxylamine groups is 1. The second-order valence-electron chi connectivity index (χ2n) is 5.67. The van der Waals surface area contributed by atoms with Crippen molar-refractivity contribution in [2.24, 2.45) is 15.9 Å². The molecule has 0 unspecified atom stereocenters. The molecule has 0 spiro atoms. The van der Waals surface area contributed by atoms with E-state index in [1.807, 2.05) is 5.48 Å². The number of methoxy groups -OCH3 is 2. The summed E-state index contributed by atoms with van der Waals surface area (Å²) in [6, 6.07) is 8.53. The predicted molar refractivity (Wildman–Crippen MR) is 108 cm³/mol. The number of nitrogens with two attached hydrogens (primary N) is 1. The molecule has 0 aliphatic rings. The molecule has 0 fully saturated rings. The van der Waals surface area contributed by atoms with Crippen molar-refractivity contribution in [3.8, 4) is 11.5 Å². The van der Waals surface area contributed by atoms with Crippen LogP contribution in [-0.2, 0) is 14.4 Å². The number of hydrogen-bond acceptors (Lipinski definition) is 9. The molecule has 13 heteroatoms. The Morgan fingerprint density at radius 2 is 1.83 bits per heavy atom. The van der Waals surface area contributed by atoms with Crippen molar-refractivity contribution in [1.29, 1.82) is 0 Å². The zero-order valence-corrected chi connectivity index (χ0v) is 17.0. The molecule has 2 aromatic carbocycles. The van der Waals surface area contributed by atoms with Gasteiger partial charge in [-0.25, -0.2) is 5.48 Å². The quantitative estimate of drug-likeness (QED) is 0.269. The fourth-order valence-corrected chi connectivity index (χ4v) is 3.00. The highest BCUT2D eigenvalue weighted by Crippen LogP contribution is 2.35. The lowest BCUT2D eigenvalue weighted by Gasteiger charge is -2.10. The van der Waals surface area contributed by atoms with Gasteiger partial charge in [0.1, 0.15) is 5.56 Å². The molecule has 2 rings (SSSR count). The van der Waals surface area contributed by atoms with Crippen LogP contribution in [0.3, 0.4) is 0 Å². The highest BCUT2D eigenvalue weighted by Gasteiger charge is 2.21. The van der Waals surface area contributed by atoms with Gasteiger partial charge < -0.3 is 15.2 Å². The number of aryl methyl sites for hydroxylation is 1. The summed E-state index contributed by atoms with van der Waals surface area (Å²) in [5, 5.41) is 18.4. The largest absolute Gasteiger partial charge is 0.493 e. The van der Waals surface area contributed by atoms with Gasteiger partial charge >= 0.3 is 10.1 Å². The van der Waals surface area contributed by atoms with E-state index in [1.165, 1.54) is 38.5 Å². The SMILES string of the molecule is COc1ccc([N+](=O)[O-])c(C=NN=C(N)NOS(=O)(=O)c2ccc(C)cc2)c1OC. The molecule has 0 saturated carbocycles. The number of nitrogens with one attached hydrogen (secondary N) is 1. The maximum absolute atomic E-state index is 12.1. The maximum Gasteiger partial charge on any atom is 0.317 e. The number of ether oxygens (including phenoxy) is 2. The number of guanidine groups is 1. The first kappa shape index (κ1) is 22.6. The highest BCUT2D eigenvalue weighted by atomic mass is 32.2. The number of nitro groups is 1. The van der Waals surface area contributed by atoms with Crippen LogP contribution < -0.4 is 20.7 Å². The van der Waals surface area contributed by atoms with Crippen LogP contribution in [0.25, 0.3) is 0 Å². The van der Waals surface area contributed by atoms with Gasteiger partial charge in [-0.05, 0) is 25.1 Å². The molecule has 12 nitrogen and oxygen atoms in total. The molecule has 3 N–H and O–H groups in total. The first-order valence-electron chi connectivity index (χ1n) is 8.21. The minimum atomic E-state index is -4.14. The second kappa shape index (κ2) is 9.67. The van der Waals surface area contributed by atoms with E-state index in [4.69, 9.17) is 15.2 Å². The molecule has 0 bridgehead atoms. The summed E-state index contributed by atoms with van der Waals surface area (Å²) >= 11 is 0. The molecular weight excluding hydrogens is 418 g/mol. The molecule has 0 saturated heterocycles. The first-order chi connectivity index (χ1) is 14.2. The third kappa shape index (κ3) is 5.42. The minimum absolute atomic E-state index is 0.0217. The fraction of sp³-hybridized carbons (Fsp3) is 0.176. The van der Waals surface area contributed by atoms with Crippen LogP contribution in [0.1, 0.15) is 11.1 Å². The van der Waals surface area contributed by atoms with Gasteiger partial charge in [0.05, 0.1) is 30.3 Å². The molecule has 0 aliphatic heterocycles. The Bertz CT molecular complexity index is 1080. The monoisotopic (exact) mass is 437 g/mol. The Morgan fingerprint density at radius 1 is 1.17 bits per heavy atom. The predicted octanol–water partition coefficient (Wildman–Crippen LogP) is 1.48. The van der Waals surface area contributed by atoms with Crippen LogP contribution >= 0.6 is 0 Å². The van der Waals surface area contributed by atoms with E-state index in [2.05, 4.69) is 14.5 Å². The van der Waals surface area contributed by atoms with Crippen molar-refractivity contribution >= 4 is 28.0 Å². The zero-order chi connectivity index (χ0) is 22.3. The molecule has 0 aromatic heterocycles. The Hall–Kier alpha value is -3.71. The average molecular weight is 437 g/mol. The molecule has 160 valence electrons. The molecule has 30 heavy (non-hydrogen) atoms. The van der Waals surface area contributed by atoms with Gasteiger partial charge in [0.25, 0.3) is 5.69 Å². The summed E-state index contributed by atoms with van der Waals surface area (Å²) in [7, 11) is -1.46. The van der Waals surface area contributed by atoms with Gasteiger partial charge in [-0.1, -0.05) is 17.7 Å². The van der Waals surface area contributed by atoms with E-state index >= 15 is 0 Å². The van der Waals surface area contributed by atoms with E-state index in [-0.39, 0.29) is 27.6 Å². The van der Waals surface area contributed by atoms with Crippen LogP contribution in [0, 0.1) is 17.0 Å².